The largest absolute Gasteiger partial charge is 0.339 e. The molecule has 0 N–H and O–H groups in total. The number of rotatable bonds is 6. The van der Waals surface area contributed by atoms with Crippen LogP contribution < -0.4 is 0 Å². The molecule has 1 saturated carbocycles. The molecule has 1 aliphatic heterocycles. The van der Waals surface area contributed by atoms with E-state index in [2.05, 4.69) is 17.1 Å². The number of aromatic nitrogens is 1. The zero-order valence-corrected chi connectivity index (χ0v) is 17.9. The van der Waals surface area contributed by atoms with Crippen molar-refractivity contribution in [2.24, 2.45) is 5.92 Å². The Bertz CT molecular complexity index is 845. The molecule has 6 heteroatoms. The minimum Gasteiger partial charge on any atom is -0.339 e. The number of hydrogen-bond donors (Lipinski definition) is 0. The van der Waals surface area contributed by atoms with Gasteiger partial charge in [0.05, 0.1) is 23.7 Å². The topological polar surface area (TPSA) is 53.5 Å². The fourth-order valence-electron chi connectivity index (χ4n) is 4.57. The Morgan fingerprint density at radius 3 is 2.62 bits per heavy atom. The van der Waals surface area contributed by atoms with E-state index < -0.39 is 0 Å². The van der Waals surface area contributed by atoms with Crippen LogP contribution in [0.4, 0.5) is 0 Å². The van der Waals surface area contributed by atoms with E-state index in [-0.39, 0.29) is 17.7 Å². The van der Waals surface area contributed by atoms with Crippen LogP contribution in [0.5, 0.6) is 0 Å². The summed E-state index contributed by atoms with van der Waals surface area (Å²) in [6.45, 7) is 3.75. The number of nitrogens with zero attached hydrogens (tertiary/aromatic N) is 3. The van der Waals surface area contributed by atoms with E-state index in [0.29, 0.717) is 38.5 Å². The molecule has 1 aromatic heterocycles. The lowest BCUT2D eigenvalue weighted by molar-refractivity contribution is -0.145. The predicted octanol–water partition coefficient (Wildman–Crippen LogP) is 4.16. The van der Waals surface area contributed by atoms with Crippen LogP contribution in [0.2, 0.25) is 0 Å². The molecule has 2 heterocycles. The molecule has 29 heavy (non-hydrogen) atoms. The van der Waals surface area contributed by atoms with Gasteiger partial charge in [0.25, 0.3) is 0 Å². The Labute approximate surface area is 176 Å². The Kier molecular flexibility index (Phi) is 6.28. The number of carbonyl (C=O) groups is 2. The molecule has 2 fully saturated rings. The van der Waals surface area contributed by atoms with Gasteiger partial charge in [-0.05, 0) is 31.7 Å². The molecule has 2 aliphatic rings. The van der Waals surface area contributed by atoms with Gasteiger partial charge in [0.2, 0.25) is 11.8 Å². The molecular formula is C23H29N3O2S. The molecule has 1 aromatic carbocycles. The first-order chi connectivity index (χ1) is 14.1. The summed E-state index contributed by atoms with van der Waals surface area (Å²) in [5.41, 5.74) is 3.96. The van der Waals surface area contributed by atoms with Crippen molar-refractivity contribution in [3.05, 3.63) is 52.0 Å². The Hall–Kier alpha value is -2.21. The molecule has 0 radical (unpaired) electrons. The SMILES string of the molecule is Cc1ncsc1CN(Cc1ccccc1)C(=O)[C@@H]1CCC(=O)N(C2CCCC2)C1. The zero-order chi connectivity index (χ0) is 20.2. The quantitative estimate of drug-likeness (QED) is 0.717. The van der Waals surface area contributed by atoms with Crippen molar-refractivity contribution in [3.8, 4) is 0 Å². The van der Waals surface area contributed by atoms with Crippen LogP contribution in [0, 0.1) is 12.8 Å². The number of likely N-dealkylation sites (tertiary alicyclic amines) is 1. The second-order valence-electron chi connectivity index (χ2n) is 8.26. The maximum absolute atomic E-state index is 13.6. The highest BCUT2D eigenvalue weighted by molar-refractivity contribution is 7.09. The van der Waals surface area contributed by atoms with Crippen molar-refractivity contribution >= 4 is 23.2 Å². The molecule has 0 spiro atoms. The normalized spacial score (nSPS) is 20.2. The summed E-state index contributed by atoms with van der Waals surface area (Å²) in [5.74, 6) is 0.288. The lowest BCUT2D eigenvalue weighted by Gasteiger charge is -2.38. The van der Waals surface area contributed by atoms with Gasteiger partial charge in [-0.1, -0.05) is 43.2 Å². The van der Waals surface area contributed by atoms with Gasteiger partial charge in [0.15, 0.2) is 0 Å². The van der Waals surface area contributed by atoms with Crippen molar-refractivity contribution < 1.29 is 9.59 Å². The van der Waals surface area contributed by atoms with Crippen LogP contribution in [0.15, 0.2) is 35.8 Å². The maximum Gasteiger partial charge on any atom is 0.228 e. The van der Waals surface area contributed by atoms with Gasteiger partial charge < -0.3 is 9.80 Å². The number of benzene rings is 1. The Balaban J connectivity index is 1.51. The summed E-state index contributed by atoms with van der Waals surface area (Å²) < 4.78 is 0. The number of hydrogen-bond acceptors (Lipinski definition) is 4. The fourth-order valence-corrected chi connectivity index (χ4v) is 5.36. The first-order valence-electron chi connectivity index (χ1n) is 10.6. The molecule has 1 aliphatic carbocycles. The van der Waals surface area contributed by atoms with Gasteiger partial charge in [0.1, 0.15) is 0 Å². The van der Waals surface area contributed by atoms with E-state index in [4.69, 9.17) is 0 Å². The van der Waals surface area contributed by atoms with Crippen molar-refractivity contribution in [2.75, 3.05) is 6.54 Å². The summed E-state index contributed by atoms with van der Waals surface area (Å²) in [5, 5.41) is 0. The van der Waals surface area contributed by atoms with Crippen LogP contribution >= 0.6 is 11.3 Å². The van der Waals surface area contributed by atoms with Gasteiger partial charge in [-0.2, -0.15) is 0 Å². The second kappa shape index (κ2) is 9.08. The van der Waals surface area contributed by atoms with E-state index in [1.165, 1.54) is 12.8 Å². The summed E-state index contributed by atoms with van der Waals surface area (Å²) in [7, 11) is 0. The third-order valence-electron chi connectivity index (χ3n) is 6.27. The summed E-state index contributed by atoms with van der Waals surface area (Å²) in [6, 6.07) is 10.5. The molecule has 2 amide bonds. The Morgan fingerprint density at radius 2 is 1.93 bits per heavy atom. The summed E-state index contributed by atoms with van der Waals surface area (Å²) >= 11 is 1.60. The zero-order valence-electron chi connectivity index (χ0n) is 17.0. The second-order valence-corrected chi connectivity index (χ2v) is 9.20. The monoisotopic (exact) mass is 411 g/mol. The molecule has 1 atom stereocenters. The van der Waals surface area contributed by atoms with Crippen molar-refractivity contribution in [3.63, 3.8) is 0 Å². The molecule has 154 valence electrons. The van der Waals surface area contributed by atoms with Crippen molar-refractivity contribution in [2.45, 2.75) is 64.6 Å². The maximum atomic E-state index is 13.6. The highest BCUT2D eigenvalue weighted by Crippen LogP contribution is 2.30. The molecular weight excluding hydrogens is 382 g/mol. The highest BCUT2D eigenvalue weighted by Gasteiger charge is 2.36. The molecule has 4 rings (SSSR count). The van der Waals surface area contributed by atoms with E-state index in [1.807, 2.05) is 40.4 Å². The fraction of sp³-hybridized carbons (Fsp3) is 0.522. The van der Waals surface area contributed by atoms with Gasteiger partial charge >= 0.3 is 0 Å². The minimum absolute atomic E-state index is 0.106. The molecule has 2 aromatic rings. The average Bonchev–Trinajstić information content (AvgIpc) is 3.40. The molecule has 5 nitrogen and oxygen atoms in total. The average molecular weight is 412 g/mol. The number of thiazole rings is 1. The van der Waals surface area contributed by atoms with Crippen LogP contribution in [-0.4, -0.2) is 39.2 Å². The number of amides is 2. The van der Waals surface area contributed by atoms with E-state index in [0.717, 1.165) is 29.0 Å². The first-order valence-corrected chi connectivity index (χ1v) is 11.5. The smallest absolute Gasteiger partial charge is 0.228 e. The van der Waals surface area contributed by atoms with Crippen LogP contribution in [0.3, 0.4) is 0 Å². The summed E-state index contributed by atoms with van der Waals surface area (Å²) in [4.78, 5) is 35.5. The first kappa shape index (κ1) is 20.1. The van der Waals surface area contributed by atoms with Gasteiger partial charge in [-0.15, -0.1) is 11.3 Å². The standard InChI is InChI=1S/C23H29N3O2S/c1-17-21(29-16-24-17)15-25(13-18-7-3-2-4-8-18)23(28)19-11-12-22(27)26(14-19)20-9-5-6-10-20/h2-4,7-8,16,19-20H,5-6,9-15H2,1H3/t19-/m1/s1. The highest BCUT2D eigenvalue weighted by atomic mass is 32.1. The number of aryl methyl sites for hydroxylation is 1. The number of piperidine rings is 1. The third-order valence-corrected chi connectivity index (χ3v) is 7.19. The number of carbonyl (C=O) groups excluding carboxylic acids is 2. The lowest BCUT2D eigenvalue weighted by atomic mass is 9.94. The molecule has 0 bridgehead atoms. The van der Waals surface area contributed by atoms with Gasteiger partial charge in [-0.25, -0.2) is 4.98 Å². The van der Waals surface area contributed by atoms with Crippen LogP contribution in [0.25, 0.3) is 0 Å². The third kappa shape index (κ3) is 4.69. The van der Waals surface area contributed by atoms with Gasteiger partial charge in [-0.3, -0.25) is 9.59 Å². The predicted molar refractivity (Wildman–Crippen MR) is 114 cm³/mol. The van der Waals surface area contributed by atoms with E-state index in [1.54, 1.807) is 11.3 Å². The van der Waals surface area contributed by atoms with E-state index in [9.17, 15) is 9.59 Å². The lowest BCUT2D eigenvalue weighted by Crippen LogP contribution is -2.49. The summed E-state index contributed by atoms with van der Waals surface area (Å²) in [6.07, 6.45) is 5.70. The molecule has 1 saturated heterocycles. The van der Waals surface area contributed by atoms with Crippen molar-refractivity contribution in [1.82, 2.24) is 14.8 Å². The van der Waals surface area contributed by atoms with Crippen molar-refractivity contribution in [1.29, 1.82) is 0 Å². The van der Waals surface area contributed by atoms with Gasteiger partial charge in [0, 0.05) is 30.4 Å². The van der Waals surface area contributed by atoms with Crippen LogP contribution in [-0.2, 0) is 22.7 Å². The molecule has 0 unspecified atom stereocenters. The van der Waals surface area contributed by atoms with E-state index >= 15 is 0 Å². The van der Waals surface area contributed by atoms with Crippen LogP contribution in [0.1, 0.15) is 54.7 Å². The Morgan fingerprint density at radius 1 is 1.17 bits per heavy atom. The minimum atomic E-state index is -0.106.